The van der Waals surface area contributed by atoms with Crippen molar-refractivity contribution in [2.24, 2.45) is 0 Å². The van der Waals surface area contributed by atoms with Crippen molar-refractivity contribution in [3.63, 3.8) is 0 Å². The second-order valence-corrected chi connectivity index (χ2v) is 5.11. The zero-order valence-electron chi connectivity index (χ0n) is 10.5. The van der Waals surface area contributed by atoms with Crippen LogP contribution < -0.4 is 5.32 Å². The van der Waals surface area contributed by atoms with E-state index in [0.717, 1.165) is 29.5 Å². The minimum absolute atomic E-state index is 0.0530. The Morgan fingerprint density at radius 1 is 1.43 bits per heavy atom. The molecule has 1 N–H and O–H groups in total. The molecule has 2 aromatic rings. The summed E-state index contributed by atoms with van der Waals surface area (Å²) in [6.45, 7) is 0. The molecule has 2 rings (SSSR count). The maximum absolute atomic E-state index is 12.6. The lowest BCUT2D eigenvalue weighted by atomic mass is 10.2. The van der Waals surface area contributed by atoms with E-state index in [2.05, 4.69) is 15.0 Å². The van der Waals surface area contributed by atoms with Crippen LogP contribution in [0.1, 0.15) is 16.1 Å². The third-order valence-corrected chi connectivity index (χ3v) is 3.52. The number of thiazole rings is 1. The summed E-state index contributed by atoms with van der Waals surface area (Å²) in [5, 5.41) is 4.42. The highest BCUT2D eigenvalue weighted by Crippen LogP contribution is 2.35. The normalized spacial score (nSPS) is 11.3. The summed E-state index contributed by atoms with van der Waals surface area (Å²) in [5.41, 5.74) is -0.718. The van der Waals surface area contributed by atoms with Crippen molar-refractivity contribution in [3.05, 3.63) is 39.9 Å². The van der Waals surface area contributed by atoms with Crippen molar-refractivity contribution >= 4 is 39.7 Å². The highest BCUT2D eigenvalue weighted by atomic mass is 35.5. The second kappa shape index (κ2) is 5.90. The highest BCUT2D eigenvalue weighted by molar-refractivity contribution is 7.14. The maximum atomic E-state index is 12.6. The van der Waals surface area contributed by atoms with Gasteiger partial charge in [-0.3, -0.25) is 0 Å². The van der Waals surface area contributed by atoms with E-state index < -0.39 is 17.7 Å². The maximum Gasteiger partial charge on any atom is 0.416 e. The smallest absolute Gasteiger partial charge is 0.416 e. The minimum Gasteiger partial charge on any atom is -0.464 e. The molecular formula is C12H8ClF3N2O2S. The molecule has 0 radical (unpaired) electrons. The van der Waals surface area contributed by atoms with Crippen molar-refractivity contribution in [2.75, 3.05) is 12.4 Å². The monoisotopic (exact) mass is 336 g/mol. The Morgan fingerprint density at radius 3 is 2.76 bits per heavy atom. The number of benzene rings is 1. The average Bonchev–Trinajstić information content (AvgIpc) is 2.87. The third kappa shape index (κ3) is 3.64. The average molecular weight is 337 g/mol. The number of esters is 1. The number of carbonyl (C=O) groups excluding carboxylic acids is 1. The van der Waals surface area contributed by atoms with E-state index in [1.807, 2.05) is 0 Å². The Hall–Kier alpha value is -1.80. The lowest BCUT2D eigenvalue weighted by Crippen LogP contribution is -2.05. The molecule has 0 aliphatic rings. The molecule has 0 atom stereocenters. The number of rotatable bonds is 3. The molecule has 9 heteroatoms. The number of halogens is 4. The summed E-state index contributed by atoms with van der Waals surface area (Å²) in [6.07, 6.45) is -4.47. The van der Waals surface area contributed by atoms with Gasteiger partial charge in [0.25, 0.3) is 0 Å². The Labute approximate surface area is 126 Å². The van der Waals surface area contributed by atoms with Gasteiger partial charge in [-0.25, -0.2) is 9.78 Å². The van der Waals surface area contributed by atoms with Crippen LogP contribution in [0.4, 0.5) is 24.0 Å². The van der Waals surface area contributed by atoms with Gasteiger partial charge in [0.2, 0.25) is 0 Å². The van der Waals surface area contributed by atoms with Gasteiger partial charge in [0.05, 0.1) is 23.4 Å². The number of ether oxygens (including phenoxy) is 1. The standard InChI is InChI=1S/C12H8ClF3N2O2S/c1-20-10(19)9-5-21-11(18-9)17-8-4-6(12(14,15)16)2-3-7(8)13/h2-5H,1H3,(H,17,18). The first-order valence-electron chi connectivity index (χ1n) is 5.49. The number of nitrogens with zero attached hydrogens (tertiary/aromatic N) is 1. The molecule has 1 heterocycles. The van der Waals surface area contributed by atoms with Crippen molar-refractivity contribution < 1.29 is 22.7 Å². The summed E-state index contributed by atoms with van der Waals surface area (Å²) in [6, 6.07) is 2.90. The van der Waals surface area contributed by atoms with Gasteiger partial charge in [-0.2, -0.15) is 13.2 Å². The fraction of sp³-hybridized carbons (Fsp3) is 0.167. The molecule has 0 amide bonds. The summed E-state index contributed by atoms with van der Waals surface area (Å²) >= 11 is 6.90. The van der Waals surface area contributed by atoms with Crippen LogP contribution in [0.25, 0.3) is 0 Å². The number of anilines is 2. The Kier molecular flexibility index (Phi) is 4.38. The van der Waals surface area contributed by atoms with Crippen molar-refractivity contribution in [1.82, 2.24) is 4.98 Å². The first-order valence-corrected chi connectivity index (χ1v) is 6.74. The van der Waals surface area contributed by atoms with E-state index in [-0.39, 0.29) is 21.5 Å². The number of aromatic nitrogens is 1. The van der Waals surface area contributed by atoms with Gasteiger partial charge >= 0.3 is 12.1 Å². The van der Waals surface area contributed by atoms with Gasteiger partial charge in [0.15, 0.2) is 10.8 Å². The molecule has 0 bridgehead atoms. The Bertz CT molecular complexity index is 673. The summed E-state index contributed by atoms with van der Waals surface area (Å²) < 4.78 is 42.4. The van der Waals surface area contributed by atoms with Gasteiger partial charge in [0.1, 0.15) is 0 Å². The zero-order chi connectivity index (χ0) is 15.6. The molecule has 4 nitrogen and oxygen atoms in total. The molecule has 0 spiro atoms. The predicted molar refractivity (Wildman–Crippen MR) is 73.2 cm³/mol. The van der Waals surface area contributed by atoms with Crippen LogP contribution in [-0.4, -0.2) is 18.1 Å². The zero-order valence-corrected chi connectivity index (χ0v) is 12.1. The summed E-state index contributed by atoms with van der Waals surface area (Å²) in [4.78, 5) is 15.2. The molecular weight excluding hydrogens is 329 g/mol. The van der Waals surface area contributed by atoms with Crippen molar-refractivity contribution in [3.8, 4) is 0 Å². The number of hydrogen-bond acceptors (Lipinski definition) is 5. The minimum atomic E-state index is -4.47. The van der Waals surface area contributed by atoms with Crippen LogP contribution in [0, 0.1) is 0 Å². The van der Waals surface area contributed by atoms with Gasteiger partial charge in [-0.05, 0) is 18.2 Å². The molecule has 0 saturated carbocycles. The molecule has 112 valence electrons. The largest absolute Gasteiger partial charge is 0.464 e. The molecule has 21 heavy (non-hydrogen) atoms. The number of hydrogen-bond donors (Lipinski definition) is 1. The first-order chi connectivity index (χ1) is 9.81. The second-order valence-electron chi connectivity index (χ2n) is 3.85. The molecule has 0 aliphatic carbocycles. The number of methoxy groups -OCH3 is 1. The van der Waals surface area contributed by atoms with Gasteiger partial charge in [-0.15, -0.1) is 11.3 Å². The molecule has 1 aromatic heterocycles. The summed E-state index contributed by atoms with van der Waals surface area (Å²) in [7, 11) is 1.21. The number of carbonyl (C=O) groups is 1. The van der Waals surface area contributed by atoms with E-state index >= 15 is 0 Å². The SMILES string of the molecule is COC(=O)c1csc(Nc2cc(C(F)(F)F)ccc2Cl)n1. The van der Waals surface area contributed by atoms with Crippen LogP contribution in [0.3, 0.4) is 0 Å². The van der Waals surface area contributed by atoms with Gasteiger partial charge in [-0.1, -0.05) is 11.6 Å². The summed E-state index contributed by atoms with van der Waals surface area (Å²) in [5.74, 6) is -0.630. The lowest BCUT2D eigenvalue weighted by Gasteiger charge is -2.10. The van der Waals surface area contributed by atoms with Crippen LogP contribution >= 0.6 is 22.9 Å². The van der Waals surface area contributed by atoms with Crippen molar-refractivity contribution in [1.29, 1.82) is 0 Å². The van der Waals surface area contributed by atoms with Crippen LogP contribution in [0.15, 0.2) is 23.6 Å². The van der Waals surface area contributed by atoms with Crippen LogP contribution in [0.2, 0.25) is 5.02 Å². The van der Waals surface area contributed by atoms with Crippen molar-refractivity contribution in [2.45, 2.75) is 6.18 Å². The molecule has 1 aromatic carbocycles. The first kappa shape index (κ1) is 15.6. The van der Waals surface area contributed by atoms with E-state index in [4.69, 9.17) is 11.6 Å². The highest BCUT2D eigenvalue weighted by Gasteiger charge is 2.31. The lowest BCUT2D eigenvalue weighted by molar-refractivity contribution is -0.137. The molecule has 0 saturated heterocycles. The molecule has 0 unspecified atom stereocenters. The Balaban J connectivity index is 2.27. The number of nitrogens with one attached hydrogen (secondary N) is 1. The predicted octanol–water partition coefficient (Wildman–Crippen LogP) is 4.35. The van der Waals surface area contributed by atoms with E-state index in [0.29, 0.717) is 0 Å². The van der Waals surface area contributed by atoms with Crippen LogP contribution in [-0.2, 0) is 10.9 Å². The fourth-order valence-corrected chi connectivity index (χ4v) is 2.30. The third-order valence-electron chi connectivity index (χ3n) is 2.43. The van der Waals surface area contributed by atoms with E-state index in [1.54, 1.807) is 0 Å². The van der Waals surface area contributed by atoms with Gasteiger partial charge < -0.3 is 10.1 Å². The van der Waals surface area contributed by atoms with Crippen LogP contribution in [0.5, 0.6) is 0 Å². The van der Waals surface area contributed by atoms with E-state index in [1.165, 1.54) is 12.5 Å². The number of alkyl halides is 3. The quantitative estimate of drug-likeness (QED) is 0.847. The van der Waals surface area contributed by atoms with Gasteiger partial charge in [0, 0.05) is 5.38 Å². The Morgan fingerprint density at radius 2 is 2.14 bits per heavy atom. The molecule has 0 fully saturated rings. The molecule has 0 aliphatic heterocycles. The topological polar surface area (TPSA) is 51.2 Å². The van der Waals surface area contributed by atoms with E-state index in [9.17, 15) is 18.0 Å². The fourth-order valence-electron chi connectivity index (χ4n) is 1.44.